The molecule has 1 fully saturated rings. The molecule has 4 heterocycles. The van der Waals surface area contributed by atoms with Crippen molar-refractivity contribution in [3.05, 3.63) is 52.3 Å². The minimum Gasteiger partial charge on any atom is -0.384 e. The number of aryl methyl sites for hydroxylation is 1. The lowest BCUT2D eigenvalue weighted by atomic mass is 9.72. The zero-order valence-corrected chi connectivity index (χ0v) is 20.5. The van der Waals surface area contributed by atoms with E-state index in [0.717, 1.165) is 41.7 Å². The lowest BCUT2D eigenvalue weighted by Gasteiger charge is -2.45. The van der Waals surface area contributed by atoms with Gasteiger partial charge in [-0.2, -0.15) is 4.98 Å². The van der Waals surface area contributed by atoms with Crippen LogP contribution in [0.4, 0.5) is 0 Å². The number of fused-ring (bicyclic) bond motifs is 2. The monoisotopic (exact) mass is 507 g/mol. The summed E-state index contributed by atoms with van der Waals surface area (Å²) in [5, 5.41) is 5.75. The van der Waals surface area contributed by atoms with Gasteiger partial charge in [-0.25, -0.2) is 0 Å². The molecule has 1 aromatic carbocycles. The fourth-order valence-corrected chi connectivity index (χ4v) is 6.37. The van der Waals surface area contributed by atoms with Crippen molar-refractivity contribution >= 4 is 26.8 Å². The molecule has 0 amide bonds. The molecule has 0 spiro atoms. The lowest BCUT2D eigenvalue weighted by Crippen LogP contribution is -2.48. The number of pyridine rings is 1. The Kier molecular flexibility index (Phi) is 5.12. The highest BCUT2D eigenvalue weighted by molar-refractivity contribution is 9.10. The van der Waals surface area contributed by atoms with Crippen LogP contribution < -0.4 is 0 Å². The molecule has 3 aromatic heterocycles. The average molecular weight is 508 g/mol. The summed E-state index contributed by atoms with van der Waals surface area (Å²) in [6.07, 6.45) is 5.62. The molecule has 0 N–H and O–H groups in total. The summed E-state index contributed by atoms with van der Waals surface area (Å²) >= 11 is 3.47. The van der Waals surface area contributed by atoms with Crippen LogP contribution in [0.2, 0.25) is 0 Å². The molecule has 1 saturated heterocycles. The van der Waals surface area contributed by atoms with Crippen molar-refractivity contribution in [1.82, 2.24) is 24.6 Å². The average Bonchev–Trinajstić information content (AvgIpc) is 3.39. The first kappa shape index (κ1) is 21.0. The number of aromatic nitrogens is 4. The van der Waals surface area contributed by atoms with Crippen LogP contribution in [0.5, 0.6) is 0 Å². The van der Waals surface area contributed by atoms with Gasteiger partial charge in [-0.15, -0.1) is 0 Å². The number of nitrogens with zero attached hydrogens (tertiary/aromatic N) is 5. The quantitative estimate of drug-likeness (QED) is 0.400. The van der Waals surface area contributed by atoms with Gasteiger partial charge in [0.2, 0.25) is 5.82 Å². The number of ether oxygens (including phenoxy) is 1. The molecule has 8 heteroatoms. The second-order valence-electron chi connectivity index (χ2n) is 9.32. The van der Waals surface area contributed by atoms with E-state index in [2.05, 4.69) is 67.8 Å². The van der Waals surface area contributed by atoms with E-state index in [-0.39, 0.29) is 0 Å². The second-order valence-corrected chi connectivity index (χ2v) is 10.2. The Morgan fingerprint density at radius 2 is 2.12 bits per heavy atom. The van der Waals surface area contributed by atoms with E-state index in [0.29, 0.717) is 29.6 Å². The molecule has 0 bridgehead atoms. The van der Waals surface area contributed by atoms with Gasteiger partial charge in [0, 0.05) is 60.4 Å². The molecular formula is C25H26BrN5O2. The first-order valence-electron chi connectivity index (χ1n) is 11.3. The molecule has 6 rings (SSSR count). The van der Waals surface area contributed by atoms with Crippen LogP contribution in [0.15, 0.2) is 45.7 Å². The molecule has 7 nitrogen and oxygen atoms in total. The molecule has 0 saturated carbocycles. The van der Waals surface area contributed by atoms with Gasteiger partial charge in [-0.3, -0.25) is 4.98 Å². The second kappa shape index (κ2) is 8.04. The normalized spacial score (nSPS) is 22.6. The number of methoxy groups -OCH3 is 1. The van der Waals surface area contributed by atoms with E-state index < -0.39 is 0 Å². The Balaban J connectivity index is 1.48. The van der Waals surface area contributed by atoms with Crippen molar-refractivity contribution in [2.24, 2.45) is 13.0 Å². The fourth-order valence-electron chi connectivity index (χ4n) is 6.00. The Morgan fingerprint density at radius 3 is 2.94 bits per heavy atom. The number of halogens is 1. The Hall–Kier alpha value is -2.55. The van der Waals surface area contributed by atoms with Gasteiger partial charge >= 0.3 is 0 Å². The molecule has 33 heavy (non-hydrogen) atoms. The van der Waals surface area contributed by atoms with Crippen molar-refractivity contribution in [1.29, 1.82) is 0 Å². The number of likely N-dealkylation sites (N-methyl/N-ethyl adjacent to an activating group) is 1. The van der Waals surface area contributed by atoms with E-state index in [1.807, 2.05) is 6.07 Å². The van der Waals surface area contributed by atoms with E-state index >= 15 is 0 Å². The van der Waals surface area contributed by atoms with Crippen molar-refractivity contribution in [2.45, 2.75) is 24.8 Å². The van der Waals surface area contributed by atoms with Crippen LogP contribution in [-0.2, 0) is 18.2 Å². The van der Waals surface area contributed by atoms with E-state index in [4.69, 9.17) is 14.2 Å². The van der Waals surface area contributed by atoms with Gasteiger partial charge in [0.25, 0.3) is 5.89 Å². The lowest BCUT2D eigenvalue weighted by molar-refractivity contribution is 0.0587. The summed E-state index contributed by atoms with van der Waals surface area (Å²) in [6, 6.07) is 9.08. The maximum atomic E-state index is 5.67. The van der Waals surface area contributed by atoms with Gasteiger partial charge in [0.1, 0.15) is 0 Å². The van der Waals surface area contributed by atoms with Crippen LogP contribution >= 0.6 is 15.9 Å². The Morgan fingerprint density at radius 1 is 1.24 bits per heavy atom. The van der Waals surface area contributed by atoms with E-state index in [9.17, 15) is 0 Å². The maximum absolute atomic E-state index is 5.67. The molecule has 4 aromatic rings. The highest BCUT2D eigenvalue weighted by Gasteiger charge is 2.41. The van der Waals surface area contributed by atoms with Gasteiger partial charge < -0.3 is 18.7 Å². The summed E-state index contributed by atoms with van der Waals surface area (Å²) in [4.78, 5) is 11.5. The Bertz CT molecular complexity index is 1350. The predicted molar refractivity (Wildman–Crippen MR) is 130 cm³/mol. The van der Waals surface area contributed by atoms with E-state index in [1.54, 1.807) is 19.5 Å². The molecule has 1 unspecified atom stereocenters. The van der Waals surface area contributed by atoms with Gasteiger partial charge in [0.05, 0.1) is 17.9 Å². The zero-order valence-electron chi connectivity index (χ0n) is 19.0. The van der Waals surface area contributed by atoms with Gasteiger partial charge in [0.15, 0.2) is 0 Å². The molecule has 2 aliphatic rings. The van der Waals surface area contributed by atoms with Crippen LogP contribution in [-0.4, -0.2) is 57.9 Å². The SMILES string of the molecule is COC[C@@H]1CC2c3cccc4c3c(c(-c3noc(-c5cncc(Br)c5)n3)n4C)C[C@H]2N(C)C1. The molecule has 0 radical (unpaired) electrons. The largest absolute Gasteiger partial charge is 0.384 e. The fraction of sp³-hybridized carbons (Fsp3) is 0.400. The molecule has 170 valence electrons. The minimum atomic E-state index is 0.456. The Labute approximate surface area is 200 Å². The number of likely N-dealkylation sites (tertiary alicyclic amines) is 1. The van der Waals surface area contributed by atoms with Crippen molar-refractivity contribution in [3.63, 3.8) is 0 Å². The van der Waals surface area contributed by atoms with Gasteiger partial charge in [-0.05, 0) is 65.0 Å². The summed E-state index contributed by atoms with van der Waals surface area (Å²) in [7, 11) is 6.16. The van der Waals surface area contributed by atoms with Gasteiger partial charge in [-0.1, -0.05) is 17.3 Å². The number of rotatable bonds is 4. The summed E-state index contributed by atoms with van der Waals surface area (Å²) in [5.41, 5.74) is 5.82. The van der Waals surface area contributed by atoms with Crippen molar-refractivity contribution < 1.29 is 9.26 Å². The van der Waals surface area contributed by atoms with Crippen molar-refractivity contribution in [3.8, 4) is 23.0 Å². The number of piperidine rings is 1. The third-order valence-corrected chi connectivity index (χ3v) is 7.76. The number of hydrogen-bond donors (Lipinski definition) is 0. The van der Waals surface area contributed by atoms with E-state index in [1.165, 1.54) is 22.0 Å². The van der Waals surface area contributed by atoms with Crippen LogP contribution in [0, 0.1) is 5.92 Å². The smallest absolute Gasteiger partial charge is 0.259 e. The van der Waals surface area contributed by atoms with Crippen LogP contribution in [0.1, 0.15) is 23.5 Å². The first-order chi connectivity index (χ1) is 16.0. The highest BCUT2D eigenvalue weighted by Crippen LogP contribution is 2.47. The third-order valence-electron chi connectivity index (χ3n) is 7.33. The number of benzene rings is 1. The summed E-state index contributed by atoms with van der Waals surface area (Å²) < 4.78 is 14.3. The topological polar surface area (TPSA) is 69.2 Å². The highest BCUT2D eigenvalue weighted by atomic mass is 79.9. The molecule has 3 atom stereocenters. The summed E-state index contributed by atoms with van der Waals surface area (Å²) in [6.45, 7) is 1.87. The molecule has 1 aliphatic heterocycles. The maximum Gasteiger partial charge on any atom is 0.259 e. The minimum absolute atomic E-state index is 0.456. The predicted octanol–water partition coefficient (Wildman–Crippen LogP) is 4.66. The first-order valence-corrected chi connectivity index (χ1v) is 12.1. The van der Waals surface area contributed by atoms with Crippen LogP contribution in [0.3, 0.4) is 0 Å². The van der Waals surface area contributed by atoms with Crippen molar-refractivity contribution in [2.75, 3.05) is 27.3 Å². The number of hydrogen-bond acceptors (Lipinski definition) is 6. The summed E-state index contributed by atoms with van der Waals surface area (Å²) in [5.74, 6) is 2.16. The molecule has 1 aliphatic carbocycles. The zero-order chi connectivity index (χ0) is 22.7. The molecular weight excluding hydrogens is 482 g/mol. The standard InChI is InChI=1S/C25H26BrN5O2/c1-30-12-14(13-32-3)7-18-17-5-4-6-20-22(17)19(9-21(18)30)23(31(20)2)24-28-25(33-29-24)15-8-16(26)11-27-10-15/h4-6,8,10-11,14,18,21H,7,9,12-13H2,1-3H3/t14-,18?,21-/m1/s1. The third kappa shape index (κ3) is 3.34. The van der Waals surface area contributed by atoms with Crippen LogP contribution in [0.25, 0.3) is 33.9 Å².